The molecule has 4 fully saturated rings. The van der Waals surface area contributed by atoms with E-state index < -0.39 is 5.54 Å². The van der Waals surface area contributed by atoms with Crippen molar-refractivity contribution >= 4 is 11.8 Å². The molecule has 1 aromatic rings. The Balaban J connectivity index is 1.60. The predicted octanol–water partition coefficient (Wildman–Crippen LogP) is 3.80. The van der Waals surface area contributed by atoms with Gasteiger partial charge in [-0.25, -0.2) is 0 Å². The molecule has 1 saturated heterocycles. The minimum atomic E-state index is -0.685. The Morgan fingerprint density at radius 1 is 1.23 bits per heavy atom. The van der Waals surface area contributed by atoms with Crippen LogP contribution in [0.5, 0.6) is 0 Å². The zero-order chi connectivity index (χ0) is 14.9. The Morgan fingerprint density at radius 3 is 2.82 bits per heavy atom. The van der Waals surface area contributed by atoms with E-state index in [2.05, 4.69) is 12.1 Å². The van der Waals surface area contributed by atoms with Gasteiger partial charge in [-0.15, -0.1) is 11.8 Å². The van der Waals surface area contributed by atoms with Crippen LogP contribution < -0.4 is 0 Å². The number of ether oxygens (including phenoxy) is 1. The van der Waals surface area contributed by atoms with E-state index >= 15 is 0 Å². The van der Waals surface area contributed by atoms with Gasteiger partial charge in [-0.1, -0.05) is 30.3 Å². The second kappa shape index (κ2) is 4.26. The minimum absolute atomic E-state index is 0.0427. The topological polar surface area (TPSA) is 52.4 Å². The van der Waals surface area contributed by atoms with E-state index in [1.807, 2.05) is 18.2 Å². The largest absolute Gasteiger partial charge is 0.359 e. The first-order valence-corrected chi connectivity index (χ1v) is 9.08. The summed E-state index contributed by atoms with van der Waals surface area (Å²) in [6.07, 6.45) is 4.86. The first-order valence-electron chi connectivity index (χ1n) is 8.20. The van der Waals surface area contributed by atoms with E-state index in [1.165, 1.54) is 0 Å². The SMILES string of the molecule is O=[N+]([O-])[C@]12CCC[C@]13S[C@@H](c1ccccc1)O[C@@H]1C[C@H]2C[C@@H]13. The fraction of sp³-hybridized carbons (Fsp3) is 0.647. The molecule has 1 heterocycles. The molecule has 2 bridgehead atoms. The lowest BCUT2D eigenvalue weighted by molar-refractivity contribution is -0.583. The molecule has 0 unspecified atom stereocenters. The molecule has 6 atom stereocenters. The van der Waals surface area contributed by atoms with Crippen LogP contribution in [0.25, 0.3) is 0 Å². The van der Waals surface area contributed by atoms with Gasteiger partial charge in [0, 0.05) is 23.2 Å². The van der Waals surface area contributed by atoms with Crippen LogP contribution in [0.1, 0.15) is 43.1 Å². The fourth-order valence-corrected chi connectivity index (χ4v) is 8.02. The highest BCUT2D eigenvalue weighted by Crippen LogP contribution is 2.74. The van der Waals surface area contributed by atoms with E-state index in [1.54, 1.807) is 11.8 Å². The summed E-state index contributed by atoms with van der Waals surface area (Å²) in [5.41, 5.74) is 0.425. The summed E-state index contributed by atoms with van der Waals surface area (Å²) in [6.45, 7) is 0. The maximum absolute atomic E-state index is 12.1. The lowest BCUT2D eigenvalue weighted by Gasteiger charge is -2.50. The molecule has 0 N–H and O–H groups in total. The molecule has 1 aliphatic heterocycles. The predicted molar refractivity (Wildman–Crippen MR) is 84.2 cm³/mol. The minimum Gasteiger partial charge on any atom is -0.359 e. The lowest BCUT2D eigenvalue weighted by atomic mass is 9.73. The van der Waals surface area contributed by atoms with Crippen molar-refractivity contribution in [3.63, 3.8) is 0 Å². The third kappa shape index (κ3) is 1.36. The Morgan fingerprint density at radius 2 is 2.05 bits per heavy atom. The third-order valence-electron chi connectivity index (χ3n) is 6.63. The molecule has 3 aliphatic carbocycles. The number of nitro groups is 1. The molecule has 4 aliphatic rings. The van der Waals surface area contributed by atoms with Gasteiger partial charge in [-0.3, -0.25) is 10.1 Å². The van der Waals surface area contributed by atoms with Gasteiger partial charge in [0.2, 0.25) is 5.54 Å². The van der Waals surface area contributed by atoms with Crippen LogP contribution in [0.4, 0.5) is 0 Å². The summed E-state index contributed by atoms with van der Waals surface area (Å²) in [5, 5.41) is 12.1. The molecule has 0 amide bonds. The van der Waals surface area contributed by atoms with Crippen LogP contribution >= 0.6 is 11.8 Å². The molecule has 1 aromatic carbocycles. The van der Waals surface area contributed by atoms with E-state index in [4.69, 9.17) is 4.74 Å². The monoisotopic (exact) mass is 317 g/mol. The summed E-state index contributed by atoms with van der Waals surface area (Å²) in [6, 6.07) is 10.2. The van der Waals surface area contributed by atoms with Gasteiger partial charge in [0.25, 0.3) is 0 Å². The van der Waals surface area contributed by atoms with Crippen molar-refractivity contribution in [2.45, 2.75) is 53.9 Å². The standard InChI is InChI=1S/C17H19NO3S/c19-18(20)16-7-4-8-17(16)13-9-12(16)10-14(13)21-15(22-17)11-5-2-1-3-6-11/h1-3,5-6,12-15H,4,7-10H2/t12-,13+,14-,15+,16+,17-/m1/s1. The van der Waals surface area contributed by atoms with Crippen molar-refractivity contribution in [1.82, 2.24) is 0 Å². The molecule has 4 nitrogen and oxygen atoms in total. The van der Waals surface area contributed by atoms with Crippen molar-refractivity contribution in [2.75, 3.05) is 0 Å². The first kappa shape index (κ1) is 13.4. The molecule has 5 rings (SSSR count). The Labute approximate surface area is 133 Å². The van der Waals surface area contributed by atoms with E-state index in [-0.39, 0.29) is 27.1 Å². The molecular formula is C17H19NO3S. The maximum atomic E-state index is 12.1. The van der Waals surface area contributed by atoms with Crippen molar-refractivity contribution in [3.8, 4) is 0 Å². The molecule has 0 aromatic heterocycles. The molecule has 22 heavy (non-hydrogen) atoms. The van der Waals surface area contributed by atoms with E-state index in [0.29, 0.717) is 5.92 Å². The van der Waals surface area contributed by atoms with Crippen LogP contribution in [0, 0.1) is 22.0 Å². The lowest BCUT2D eigenvalue weighted by Crippen LogP contribution is -2.62. The summed E-state index contributed by atoms with van der Waals surface area (Å²) < 4.78 is 6.17. The van der Waals surface area contributed by atoms with Crippen molar-refractivity contribution in [3.05, 3.63) is 46.0 Å². The summed E-state index contributed by atoms with van der Waals surface area (Å²) >= 11 is 1.77. The molecule has 1 spiro atoms. The maximum Gasteiger partial charge on any atom is 0.239 e. The fourth-order valence-electron chi connectivity index (χ4n) is 5.91. The zero-order valence-corrected chi connectivity index (χ0v) is 13.1. The van der Waals surface area contributed by atoms with Crippen LogP contribution in [0.2, 0.25) is 0 Å². The van der Waals surface area contributed by atoms with Gasteiger partial charge >= 0.3 is 0 Å². The van der Waals surface area contributed by atoms with Crippen LogP contribution in [-0.4, -0.2) is 21.3 Å². The highest BCUT2D eigenvalue weighted by Gasteiger charge is 2.81. The smallest absolute Gasteiger partial charge is 0.239 e. The normalized spacial score (nSPS) is 48.4. The number of nitrogens with zero attached hydrogens (tertiary/aromatic N) is 1. The quantitative estimate of drug-likeness (QED) is 0.615. The van der Waals surface area contributed by atoms with Gasteiger partial charge in [-0.2, -0.15) is 0 Å². The second-order valence-electron chi connectivity index (χ2n) is 7.23. The number of fused-ring (bicyclic) bond motifs is 2. The van der Waals surface area contributed by atoms with E-state index in [9.17, 15) is 10.1 Å². The summed E-state index contributed by atoms with van der Waals surface area (Å²) in [4.78, 5) is 12.2. The van der Waals surface area contributed by atoms with Crippen molar-refractivity contribution in [2.24, 2.45) is 11.8 Å². The number of hydrogen-bond donors (Lipinski definition) is 0. The number of hydrogen-bond acceptors (Lipinski definition) is 4. The summed E-state index contributed by atoms with van der Waals surface area (Å²) in [5.74, 6) is 0.611. The van der Waals surface area contributed by atoms with Gasteiger partial charge in [0.05, 0.1) is 10.9 Å². The van der Waals surface area contributed by atoms with E-state index in [0.717, 1.165) is 37.7 Å². The first-order chi connectivity index (χ1) is 10.7. The average molecular weight is 317 g/mol. The van der Waals surface area contributed by atoms with Crippen LogP contribution in [-0.2, 0) is 4.74 Å². The Kier molecular flexibility index (Phi) is 2.59. The molecular weight excluding hydrogens is 298 g/mol. The third-order valence-corrected chi connectivity index (χ3v) is 8.51. The number of thioether (sulfide) groups is 1. The highest BCUT2D eigenvalue weighted by molar-refractivity contribution is 8.00. The number of rotatable bonds is 2. The Hall–Kier alpha value is -1.07. The second-order valence-corrected chi connectivity index (χ2v) is 8.63. The van der Waals surface area contributed by atoms with Gasteiger partial charge in [0.15, 0.2) is 0 Å². The van der Waals surface area contributed by atoms with Crippen LogP contribution in [0.15, 0.2) is 30.3 Å². The Bertz CT molecular complexity index is 638. The van der Waals surface area contributed by atoms with Crippen LogP contribution in [0.3, 0.4) is 0 Å². The summed E-state index contributed by atoms with van der Waals surface area (Å²) in [7, 11) is 0. The highest BCUT2D eigenvalue weighted by atomic mass is 32.2. The molecule has 0 radical (unpaired) electrons. The average Bonchev–Trinajstić information content (AvgIpc) is 3.16. The van der Waals surface area contributed by atoms with Gasteiger partial charge < -0.3 is 4.74 Å². The number of benzene rings is 1. The van der Waals surface area contributed by atoms with Crippen molar-refractivity contribution < 1.29 is 9.66 Å². The molecule has 3 saturated carbocycles. The van der Waals surface area contributed by atoms with Gasteiger partial charge in [0.1, 0.15) is 5.44 Å². The zero-order valence-electron chi connectivity index (χ0n) is 12.3. The van der Waals surface area contributed by atoms with Crippen molar-refractivity contribution in [1.29, 1.82) is 0 Å². The molecule has 5 heteroatoms. The van der Waals surface area contributed by atoms with Gasteiger partial charge in [-0.05, 0) is 31.2 Å². The molecule has 116 valence electrons.